The van der Waals surface area contributed by atoms with Gasteiger partial charge in [-0.2, -0.15) is 0 Å². The minimum atomic E-state index is -1.13. The van der Waals surface area contributed by atoms with E-state index in [1.165, 1.54) is 6.08 Å². The van der Waals surface area contributed by atoms with Gasteiger partial charge in [0.25, 0.3) is 0 Å². The van der Waals surface area contributed by atoms with E-state index in [2.05, 4.69) is 10.3 Å². The average Bonchev–Trinajstić information content (AvgIpc) is 2.60. The highest BCUT2D eigenvalue weighted by molar-refractivity contribution is 5.98. The summed E-state index contributed by atoms with van der Waals surface area (Å²) >= 11 is 0. The van der Waals surface area contributed by atoms with Crippen LogP contribution in [0.2, 0.25) is 0 Å². The molecule has 0 saturated heterocycles. The molecule has 1 fully saturated rings. The summed E-state index contributed by atoms with van der Waals surface area (Å²) in [5.41, 5.74) is 0.516. The molecule has 124 valence electrons. The van der Waals surface area contributed by atoms with Crippen molar-refractivity contribution < 1.29 is 14.7 Å². The molecule has 1 aromatic heterocycles. The van der Waals surface area contributed by atoms with E-state index in [0.717, 1.165) is 35.7 Å². The third-order valence-electron chi connectivity index (χ3n) is 4.56. The molecule has 24 heavy (non-hydrogen) atoms. The molecule has 2 N–H and O–H groups in total. The first-order valence-corrected chi connectivity index (χ1v) is 8.18. The fourth-order valence-electron chi connectivity index (χ4n) is 3.25. The average molecular weight is 324 g/mol. The minimum absolute atomic E-state index is 0.382. The maximum absolute atomic E-state index is 12.2. The smallest absolute Gasteiger partial charge is 0.329 e. The Labute approximate surface area is 140 Å². The third kappa shape index (κ3) is 3.30. The van der Waals surface area contributed by atoms with Crippen LogP contribution in [0, 0.1) is 0 Å². The second-order valence-electron chi connectivity index (χ2n) is 6.19. The number of aliphatic carboxylic acids is 1. The molecule has 1 heterocycles. The molecule has 1 saturated carbocycles. The molecule has 0 unspecified atom stereocenters. The number of nitrogens with zero attached hydrogens (tertiary/aromatic N) is 1. The number of fused-ring (bicyclic) bond motifs is 1. The van der Waals surface area contributed by atoms with Crippen molar-refractivity contribution in [1.29, 1.82) is 0 Å². The molecule has 0 aliphatic heterocycles. The van der Waals surface area contributed by atoms with E-state index in [9.17, 15) is 14.7 Å². The summed E-state index contributed by atoms with van der Waals surface area (Å²) in [6, 6.07) is 9.57. The van der Waals surface area contributed by atoms with Gasteiger partial charge in [0.05, 0.1) is 5.52 Å². The van der Waals surface area contributed by atoms with Crippen molar-refractivity contribution in [2.24, 2.45) is 0 Å². The van der Waals surface area contributed by atoms with Crippen molar-refractivity contribution in [3.63, 3.8) is 0 Å². The third-order valence-corrected chi connectivity index (χ3v) is 4.56. The number of pyridine rings is 1. The molecule has 1 amide bonds. The zero-order valence-electron chi connectivity index (χ0n) is 13.4. The molecule has 5 nitrogen and oxygen atoms in total. The van der Waals surface area contributed by atoms with E-state index in [1.807, 2.05) is 30.3 Å². The monoisotopic (exact) mass is 324 g/mol. The minimum Gasteiger partial charge on any atom is -0.480 e. The molecule has 1 aliphatic carbocycles. The van der Waals surface area contributed by atoms with Gasteiger partial charge in [0, 0.05) is 23.2 Å². The van der Waals surface area contributed by atoms with Crippen LogP contribution in [0.4, 0.5) is 0 Å². The van der Waals surface area contributed by atoms with Gasteiger partial charge in [-0.15, -0.1) is 0 Å². The van der Waals surface area contributed by atoms with Crippen molar-refractivity contribution in [2.45, 2.75) is 37.6 Å². The number of carboxylic acids is 1. The molecule has 0 spiro atoms. The SMILES string of the molecule is O=C(C=Cc1cccc2cccnc12)NC1(C(=O)O)CCCCC1. The summed E-state index contributed by atoms with van der Waals surface area (Å²) in [5.74, 6) is -1.33. The van der Waals surface area contributed by atoms with Crippen LogP contribution < -0.4 is 5.32 Å². The van der Waals surface area contributed by atoms with Crippen LogP contribution in [0.3, 0.4) is 0 Å². The Kier molecular flexibility index (Phi) is 4.60. The van der Waals surface area contributed by atoms with Crippen LogP contribution in [0.15, 0.2) is 42.6 Å². The summed E-state index contributed by atoms with van der Waals surface area (Å²) in [6.45, 7) is 0. The van der Waals surface area contributed by atoms with Gasteiger partial charge in [0.15, 0.2) is 0 Å². The molecule has 0 bridgehead atoms. The normalized spacial score (nSPS) is 17.0. The Morgan fingerprint density at radius 3 is 2.62 bits per heavy atom. The Morgan fingerprint density at radius 1 is 1.12 bits per heavy atom. The van der Waals surface area contributed by atoms with Crippen molar-refractivity contribution in [1.82, 2.24) is 10.3 Å². The van der Waals surface area contributed by atoms with E-state index in [0.29, 0.717) is 12.8 Å². The summed E-state index contributed by atoms with van der Waals surface area (Å²) in [4.78, 5) is 28.2. The lowest BCUT2D eigenvalue weighted by molar-refractivity contribution is -0.148. The predicted molar refractivity (Wildman–Crippen MR) is 92.4 cm³/mol. The Hall–Kier alpha value is -2.69. The number of hydrogen-bond donors (Lipinski definition) is 2. The highest BCUT2D eigenvalue weighted by atomic mass is 16.4. The lowest BCUT2D eigenvalue weighted by atomic mass is 9.81. The number of carbonyl (C=O) groups excluding carboxylic acids is 1. The fourth-order valence-corrected chi connectivity index (χ4v) is 3.25. The van der Waals surface area contributed by atoms with Crippen LogP contribution in [0.25, 0.3) is 17.0 Å². The van der Waals surface area contributed by atoms with Gasteiger partial charge in [-0.05, 0) is 25.0 Å². The number of rotatable bonds is 4. The van der Waals surface area contributed by atoms with E-state index in [-0.39, 0.29) is 5.91 Å². The topological polar surface area (TPSA) is 79.3 Å². The van der Waals surface area contributed by atoms with Gasteiger partial charge in [-0.1, -0.05) is 43.5 Å². The van der Waals surface area contributed by atoms with Crippen molar-refractivity contribution in [3.05, 3.63) is 48.2 Å². The maximum atomic E-state index is 12.2. The van der Waals surface area contributed by atoms with Crippen LogP contribution in [-0.4, -0.2) is 27.5 Å². The number of para-hydroxylation sites is 1. The highest BCUT2D eigenvalue weighted by Crippen LogP contribution is 2.28. The van der Waals surface area contributed by atoms with Crippen molar-refractivity contribution in [3.8, 4) is 0 Å². The van der Waals surface area contributed by atoms with Gasteiger partial charge in [-0.25, -0.2) is 4.79 Å². The lowest BCUT2D eigenvalue weighted by Crippen LogP contribution is -2.55. The largest absolute Gasteiger partial charge is 0.480 e. The number of nitrogens with one attached hydrogen (secondary N) is 1. The number of benzene rings is 1. The molecule has 3 rings (SSSR count). The number of hydrogen-bond acceptors (Lipinski definition) is 3. The van der Waals surface area contributed by atoms with E-state index < -0.39 is 11.5 Å². The van der Waals surface area contributed by atoms with Crippen LogP contribution in [0.5, 0.6) is 0 Å². The van der Waals surface area contributed by atoms with Crippen molar-refractivity contribution in [2.75, 3.05) is 0 Å². The Morgan fingerprint density at radius 2 is 1.88 bits per heavy atom. The number of amides is 1. The summed E-state index contributed by atoms with van der Waals surface area (Å²) in [5, 5.41) is 13.2. The van der Waals surface area contributed by atoms with Gasteiger partial charge < -0.3 is 10.4 Å². The summed E-state index contributed by atoms with van der Waals surface area (Å²) in [6.07, 6.45) is 8.41. The number of carboxylic acid groups (broad SMARTS) is 1. The second kappa shape index (κ2) is 6.83. The first kappa shape index (κ1) is 16.2. The van der Waals surface area contributed by atoms with Crippen LogP contribution in [0.1, 0.15) is 37.7 Å². The zero-order valence-corrected chi connectivity index (χ0v) is 13.4. The zero-order chi connectivity index (χ0) is 17.0. The molecule has 2 aromatic rings. The Balaban J connectivity index is 1.78. The Bertz CT molecular complexity index is 787. The first-order valence-electron chi connectivity index (χ1n) is 8.18. The summed E-state index contributed by atoms with van der Waals surface area (Å²) < 4.78 is 0. The first-order chi connectivity index (χ1) is 11.6. The molecular weight excluding hydrogens is 304 g/mol. The molecular formula is C19H20N2O3. The highest BCUT2D eigenvalue weighted by Gasteiger charge is 2.40. The van der Waals surface area contributed by atoms with Crippen molar-refractivity contribution >= 4 is 28.9 Å². The number of aromatic nitrogens is 1. The maximum Gasteiger partial charge on any atom is 0.329 e. The van der Waals surface area contributed by atoms with Crippen LogP contribution in [-0.2, 0) is 9.59 Å². The second-order valence-corrected chi connectivity index (χ2v) is 6.19. The molecule has 1 aliphatic rings. The van der Waals surface area contributed by atoms with Crippen LogP contribution >= 0.6 is 0 Å². The fraction of sp³-hybridized carbons (Fsp3) is 0.316. The molecule has 1 aromatic carbocycles. The van der Waals surface area contributed by atoms with Gasteiger partial charge >= 0.3 is 5.97 Å². The molecule has 0 atom stereocenters. The van der Waals surface area contributed by atoms with Gasteiger partial charge in [0.1, 0.15) is 5.54 Å². The molecule has 0 radical (unpaired) electrons. The number of carbonyl (C=O) groups is 2. The standard InChI is InChI=1S/C19H20N2O3/c22-16(21-19(18(23)24)11-2-1-3-12-19)10-9-15-7-4-6-14-8-5-13-20-17(14)15/h4-10,13H,1-3,11-12H2,(H,21,22)(H,23,24). The van der Waals surface area contributed by atoms with E-state index in [4.69, 9.17) is 0 Å². The molecule has 5 heteroatoms. The van der Waals surface area contributed by atoms with E-state index in [1.54, 1.807) is 12.3 Å². The van der Waals surface area contributed by atoms with Gasteiger partial charge in [-0.3, -0.25) is 9.78 Å². The van der Waals surface area contributed by atoms with Gasteiger partial charge in [0.2, 0.25) is 5.91 Å². The predicted octanol–water partition coefficient (Wildman–Crippen LogP) is 3.15. The summed E-state index contributed by atoms with van der Waals surface area (Å²) in [7, 11) is 0. The quantitative estimate of drug-likeness (QED) is 0.847. The lowest BCUT2D eigenvalue weighted by Gasteiger charge is -2.33. The van der Waals surface area contributed by atoms with E-state index >= 15 is 0 Å².